The molecule has 3 rings (SSSR count). The van der Waals surface area contributed by atoms with Gasteiger partial charge in [-0.15, -0.1) is 0 Å². The van der Waals surface area contributed by atoms with E-state index in [1.165, 1.54) is 56.8 Å². The van der Waals surface area contributed by atoms with E-state index in [4.69, 9.17) is 4.74 Å². The molecule has 0 spiro atoms. The summed E-state index contributed by atoms with van der Waals surface area (Å²) >= 11 is 0. The molecule has 2 aliphatic carbocycles. The first-order valence-electron chi connectivity index (χ1n) is 11.1. The maximum Gasteiger partial charge on any atom is 0.343 e. The van der Waals surface area contributed by atoms with Crippen LogP contribution in [-0.2, 0) is 22.4 Å². The van der Waals surface area contributed by atoms with Gasteiger partial charge in [0.2, 0.25) is 0 Å². The summed E-state index contributed by atoms with van der Waals surface area (Å²) < 4.78 is 10.4. The third-order valence-corrected chi connectivity index (χ3v) is 6.81. The molecular weight excluding hydrogens is 352 g/mol. The number of aliphatic hydroxyl groups is 1. The number of aliphatic hydroxyl groups excluding tert-OH is 1. The van der Waals surface area contributed by atoms with Gasteiger partial charge >= 0.3 is 5.97 Å². The highest BCUT2D eigenvalue weighted by atomic mass is 16.6. The second-order valence-electron chi connectivity index (χ2n) is 8.61. The molecule has 0 saturated heterocycles. The SMILES string of the molecule is CCCCCCCC[C@@H]1C2Cc3cccc(OCC(=O)OC)c3CC2C[C@H]1O. The van der Waals surface area contributed by atoms with E-state index in [0.717, 1.165) is 31.4 Å². The first-order chi connectivity index (χ1) is 13.6. The normalized spacial score (nSPS) is 25.8. The first kappa shape index (κ1) is 21.2. The third kappa shape index (κ3) is 5.08. The highest BCUT2D eigenvalue weighted by Crippen LogP contribution is 2.48. The Balaban J connectivity index is 1.59. The largest absolute Gasteiger partial charge is 0.482 e. The molecule has 1 aromatic rings. The molecule has 0 amide bonds. The maximum atomic E-state index is 11.4. The van der Waals surface area contributed by atoms with E-state index in [9.17, 15) is 9.90 Å². The average molecular weight is 389 g/mol. The second kappa shape index (κ2) is 10.3. The molecule has 0 heterocycles. The lowest BCUT2D eigenvalue weighted by Gasteiger charge is -2.32. The van der Waals surface area contributed by atoms with E-state index >= 15 is 0 Å². The Kier molecular flexibility index (Phi) is 7.78. The van der Waals surface area contributed by atoms with Crippen molar-refractivity contribution in [3.05, 3.63) is 29.3 Å². The molecule has 1 aromatic carbocycles. The Hall–Kier alpha value is -1.55. The standard InChI is InChI=1S/C24H36O4/c1-3-4-5-6-7-8-11-19-20-13-17-10-9-12-23(28-16-24(26)27-2)21(17)14-18(20)15-22(19)25/h9-10,12,18-20,22,25H,3-8,11,13-16H2,1-2H3/t18?,19-,20?,22-/m1/s1. The Morgan fingerprint density at radius 1 is 1.14 bits per heavy atom. The Morgan fingerprint density at radius 2 is 1.93 bits per heavy atom. The lowest BCUT2D eigenvalue weighted by atomic mass is 9.73. The van der Waals surface area contributed by atoms with Crippen molar-refractivity contribution in [3.63, 3.8) is 0 Å². The van der Waals surface area contributed by atoms with Crippen LogP contribution in [0, 0.1) is 17.8 Å². The van der Waals surface area contributed by atoms with Crippen LogP contribution in [0.1, 0.15) is 69.4 Å². The molecular formula is C24H36O4. The Bertz CT molecular complexity index is 641. The highest BCUT2D eigenvalue weighted by Gasteiger charge is 2.44. The van der Waals surface area contributed by atoms with Crippen LogP contribution >= 0.6 is 0 Å². The van der Waals surface area contributed by atoms with Crippen LogP contribution in [0.25, 0.3) is 0 Å². The van der Waals surface area contributed by atoms with Crippen molar-refractivity contribution in [3.8, 4) is 5.75 Å². The molecule has 0 aromatic heterocycles. The molecule has 2 aliphatic rings. The smallest absolute Gasteiger partial charge is 0.343 e. The molecule has 0 aliphatic heterocycles. The maximum absolute atomic E-state index is 11.4. The number of benzene rings is 1. The zero-order valence-corrected chi connectivity index (χ0v) is 17.5. The van der Waals surface area contributed by atoms with Crippen LogP contribution in [0.5, 0.6) is 5.75 Å². The van der Waals surface area contributed by atoms with Crippen molar-refractivity contribution in [2.75, 3.05) is 13.7 Å². The molecule has 0 bridgehead atoms. The number of carbonyl (C=O) groups excluding carboxylic acids is 1. The zero-order valence-electron chi connectivity index (χ0n) is 17.5. The van der Waals surface area contributed by atoms with Crippen molar-refractivity contribution in [2.45, 2.75) is 77.2 Å². The number of ether oxygens (including phenoxy) is 2. The molecule has 1 fully saturated rings. The Labute approximate surface area is 169 Å². The summed E-state index contributed by atoms with van der Waals surface area (Å²) in [6, 6.07) is 6.14. The summed E-state index contributed by atoms with van der Waals surface area (Å²) in [6.07, 6.45) is 11.7. The van der Waals surface area contributed by atoms with E-state index in [1.54, 1.807) is 0 Å². The predicted molar refractivity (Wildman–Crippen MR) is 110 cm³/mol. The number of unbranched alkanes of at least 4 members (excludes halogenated alkanes) is 5. The summed E-state index contributed by atoms with van der Waals surface area (Å²) in [5, 5.41) is 10.7. The molecule has 1 N–H and O–H groups in total. The van der Waals surface area contributed by atoms with Crippen molar-refractivity contribution < 1.29 is 19.4 Å². The van der Waals surface area contributed by atoms with Gasteiger partial charge in [-0.25, -0.2) is 4.79 Å². The molecule has 1 saturated carbocycles. The summed E-state index contributed by atoms with van der Waals surface area (Å²) in [5.74, 6) is 1.98. The van der Waals surface area contributed by atoms with Crippen LogP contribution in [0.3, 0.4) is 0 Å². The minimum Gasteiger partial charge on any atom is -0.482 e. The minimum absolute atomic E-state index is 0.0513. The molecule has 0 radical (unpaired) electrons. The molecule has 4 nitrogen and oxygen atoms in total. The van der Waals surface area contributed by atoms with E-state index in [-0.39, 0.29) is 18.7 Å². The Morgan fingerprint density at radius 3 is 2.71 bits per heavy atom. The fourth-order valence-electron chi connectivity index (χ4n) is 5.30. The van der Waals surface area contributed by atoms with Crippen molar-refractivity contribution in [2.24, 2.45) is 17.8 Å². The highest BCUT2D eigenvalue weighted by molar-refractivity contribution is 5.71. The first-order valence-corrected chi connectivity index (χ1v) is 11.1. The van der Waals surface area contributed by atoms with Crippen LogP contribution in [-0.4, -0.2) is 30.9 Å². The fraction of sp³-hybridized carbons (Fsp3) is 0.708. The number of esters is 1. The number of hydrogen-bond donors (Lipinski definition) is 1. The third-order valence-electron chi connectivity index (χ3n) is 6.81. The van der Waals surface area contributed by atoms with E-state index in [2.05, 4.69) is 17.7 Å². The number of rotatable bonds is 10. The second-order valence-corrected chi connectivity index (χ2v) is 8.61. The van der Waals surface area contributed by atoms with Crippen LogP contribution in [0.2, 0.25) is 0 Å². The predicted octanol–water partition coefficient (Wildman–Crippen LogP) is 4.70. The summed E-state index contributed by atoms with van der Waals surface area (Å²) in [4.78, 5) is 11.4. The quantitative estimate of drug-likeness (QED) is 0.466. The molecule has 28 heavy (non-hydrogen) atoms. The molecule has 2 unspecified atom stereocenters. The topological polar surface area (TPSA) is 55.8 Å². The molecule has 4 atom stereocenters. The number of fused-ring (bicyclic) bond motifs is 2. The summed E-state index contributed by atoms with van der Waals surface area (Å²) in [5.41, 5.74) is 2.55. The van der Waals surface area contributed by atoms with Gasteiger partial charge in [-0.3, -0.25) is 0 Å². The van der Waals surface area contributed by atoms with Crippen molar-refractivity contribution >= 4 is 5.97 Å². The van der Waals surface area contributed by atoms with Gasteiger partial charge in [0.25, 0.3) is 0 Å². The molecule has 4 heteroatoms. The fourth-order valence-corrected chi connectivity index (χ4v) is 5.30. The van der Waals surface area contributed by atoms with Crippen LogP contribution in [0.15, 0.2) is 18.2 Å². The zero-order chi connectivity index (χ0) is 19.9. The van der Waals surface area contributed by atoms with E-state index < -0.39 is 0 Å². The molecule has 156 valence electrons. The van der Waals surface area contributed by atoms with Gasteiger partial charge in [-0.1, -0.05) is 57.6 Å². The van der Waals surface area contributed by atoms with Gasteiger partial charge in [0.1, 0.15) is 5.75 Å². The number of hydrogen-bond acceptors (Lipinski definition) is 4. The van der Waals surface area contributed by atoms with Gasteiger partial charge in [0.15, 0.2) is 6.61 Å². The lowest BCUT2D eigenvalue weighted by Crippen LogP contribution is -2.27. The van der Waals surface area contributed by atoms with E-state index in [1.807, 2.05) is 12.1 Å². The van der Waals surface area contributed by atoms with Gasteiger partial charge in [0, 0.05) is 0 Å². The van der Waals surface area contributed by atoms with Crippen LogP contribution in [0.4, 0.5) is 0 Å². The van der Waals surface area contributed by atoms with Gasteiger partial charge in [-0.05, 0) is 60.6 Å². The number of methoxy groups -OCH3 is 1. The van der Waals surface area contributed by atoms with Gasteiger partial charge in [0.05, 0.1) is 13.2 Å². The van der Waals surface area contributed by atoms with Crippen molar-refractivity contribution in [1.82, 2.24) is 0 Å². The van der Waals surface area contributed by atoms with Crippen LogP contribution < -0.4 is 4.74 Å². The van der Waals surface area contributed by atoms with Crippen molar-refractivity contribution in [1.29, 1.82) is 0 Å². The van der Waals surface area contributed by atoms with Gasteiger partial charge in [-0.2, -0.15) is 0 Å². The minimum atomic E-state index is -0.360. The monoisotopic (exact) mass is 388 g/mol. The summed E-state index contributed by atoms with van der Waals surface area (Å²) in [6.45, 7) is 2.20. The average Bonchev–Trinajstić information content (AvgIpc) is 3.01. The number of carbonyl (C=O) groups is 1. The summed E-state index contributed by atoms with van der Waals surface area (Å²) in [7, 11) is 1.38. The lowest BCUT2D eigenvalue weighted by molar-refractivity contribution is -0.142. The van der Waals surface area contributed by atoms with E-state index in [0.29, 0.717) is 17.8 Å². The van der Waals surface area contributed by atoms with Gasteiger partial charge < -0.3 is 14.6 Å².